The van der Waals surface area contributed by atoms with Gasteiger partial charge >= 0.3 is 0 Å². The fourth-order valence-electron chi connectivity index (χ4n) is 1.01. The molecular weight excluding hydrogens is 202 g/mol. The number of rotatable bonds is 1. The van der Waals surface area contributed by atoms with E-state index in [0.717, 1.165) is 0 Å². The van der Waals surface area contributed by atoms with Gasteiger partial charge in [-0.1, -0.05) is 25.4 Å². The third-order valence-corrected chi connectivity index (χ3v) is 1.76. The number of hydrogen-bond acceptors (Lipinski definition) is 3. The largest absolute Gasteiger partial charge is 0.390 e. The van der Waals surface area contributed by atoms with Crippen LogP contribution in [0.2, 0.25) is 5.15 Å². The molecule has 0 unspecified atom stereocenters. The van der Waals surface area contributed by atoms with Gasteiger partial charge in [0.15, 0.2) is 5.65 Å². The van der Waals surface area contributed by atoms with Crippen LogP contribution in [0, 0.1) is 0 Å². The summed E-state index contributed by atoms with van der Waals surface area (Å²) < 4.78 is 1.52. The zero-order valence-corrected chi connectivity index (χ0v) is 8.86. The van der Waals surface area contributed by atoms with E-state index in [9.17, 15) is 0 Å². The van der Waals surface area contributed by atoms with Crippen LogP contribution < -0.4 is 0 Å². The van der Waals surface area contributed by atoms with Crippen LogP contribution >= 0.6 is 11.6 Å². The predicted octanol–water partition coefficient (Wildman–Crippen LogP) is 1.90. The van der Waals surface area contributed by atoms with E-state index in [1.54, 1.807) is 18.3 Å². The van der Waals surface area contributed by atoms with Gasteiger partial charge in [0, 0.05) is 0 Å². The van der Waals surface area contributed by atoms with Crippen LogP contribution in [0.1, 0.15) is 19.5 Å². The molecule has 0 aliphatic carbocycles. The monoisotopic (exact) mass is 213 g/mol. The summed E-state index contributed by atoms with van der Waals surface area (Å²) >= 11 is 5.66. The molecule has 2 rings (SSSR count). The molecule has 0 saturated heterocycles. The van der Waals surface area contributed by atoms with E-state index in [-0.39, 0.29) is 6.61 Å². The van der Waals surface area contributed by atoms with Gasteiger partial charge in [0.05, 0.1) is 18.5 Å². The first-order valence-corrected chi connectivity index (χ1v) is 4.79. The second-order valence-corrected chi connectivity index (χ2v) is 2.72. The SMILES string of the molecule is CC.OCc1cnc2ccc(Cl)nn12. The van der Waals surface area contributed by atoms with Crippen molar-refractivity contribution in [3.63, 3.8) is 0 Å². The molecule has 0 saturated carbocycles. The van der Waals surface area contributed by atoms with Crippen LogP contribution in [0.25, 0.3) is 5.65 Å². The number of imidazole rings is 1. The Labute approximate surface area is 87.2 Å². The lowest BCUT2D eigenvalue weighted by atomic mass is 10.5. The summed E-state index contributed by atoms with van der Waals surface area (Å²) in [6.07, 6.45) is 1.57. The maximum atomic E-state index is 8.87. The third kappa shape index (κ3) is 2.02. The van der Waals surface area contributed by atoms with E-state index < -0.39 is 0 Å². The van der Waals surface area contributed by atoms with Crippen molar-refractivity contribution in [1.82, 2.24) is 14.6 Å². The Balaban J connectivity index is 0.000000461. The minimum absolute atomic E-state index is 0.0888. The van der Waals surface area contributed by atoms with Gasteiger partial charge in [-0.15, -0.1) is 0 Å². The Morgan fingerprint density at radius 2 is 2.14 bits per heavy atom. The topological polar surface area (TPSA) is 50.4 Å². The molecule has 0 aromatic carbocycles. The van der Waals surface area contributed by atoms with Crippen LogP contribution in [0.4, 0.5) is 0 Å². The average Bonchev–Trinajstić information content (AvgIpc) is 2.63. The lowest BCUT2D eigenvalue weighted by molar-refractivity contribution is 0.274. The van der Waals surface area contributed by atoms with E-state index in [1.807, 2.05) is 13.8 Å². The van der Waals surface area contributed by atoms with Crippen molar-refractivity contribution < 1.29 is 5.11 Å². The second kappa shape index (κ2) is 4.93. The van der Waals surface area contributed by atoms with Crippen molar-refractivity contribution in [3.05, 3.63) is 29.2 Å². The fraction of sp³-hybridized carbons (Fsp3) is 0.333. The molecule has 0 spiro atoms. The molecule has 76 valence electrons. The molecule has 1 N–H and O–H groups in total. The summed E-state index contributed by atoms with van der Waals surface area (Å²) in [6.45, 7) is 3.91. The third-order valence-electron chi connectivity index (χ3n) is 1.56. The summed E-state index contributed by atoms with van der Waals surface area (Å²) in [5, 5.41) is 13.2. The number of nitrogens with zero attached hydrogens (tertiary/aromatic N) is 3. The molecule has 5 heteroatoms. The maximum Gasteiger partial charge on any atom is 0.153 e. The molecule has 0 radical (unpaired) electrons. The summed E-state index contributed by atoms with van der Waals surface area (Å²) in [4.78, 5) is 4.01. The number of aromatic nitrogens is 3. The first kappa shape index (κ1) is 10.9. The highest BCUT2D eigenvalue weighted by Gasteiger charge is 2.02. The Bertz CT molecular complexity index is 413. The molecule has 2 aromatic heterocycles. The Hall–Kier alpha value is -1.13. The van der Waals surface area contributed by atoms with Crippen LogP contribution in [-0.4, -0.2) is 19.7 Å². The van der Waals surface area contributed by atoms with Gasteiger partial charge in [0.25, 0.3) is 0 Å². The van der Waals surface area contributed by atoms with Crippen molar-refractivity contribution in [2.75, 3.05) is 0 Å². The Morgan fingerprint density at radius 3 is 2.79 bits per heavy atom. The molecule has 0 atom stereocenters. The minimum atomic E-state index is -0.0888. The molecule has 2 heterocycles. The zero-order valence-electron chi connectivity index (χ0n) is 8.11. The number of aliphatic hydroxyl groups is 1. The van der Waals surface area contributed by atoms with Crippen LogP contribution in [0.15, 0.2) is 18.3 Å². The van der Waals surface area contributed by atoms with E-state index in [4.69, 9.17) is 16.7 Å². The fourth-order valence-corrected chi connectivity index (χ4v) is 1.14. The average molecular weight is 214 g/mol. The first-order valence-electron chi connectivity index (χ1n) is 4.41. The molecule has 0 amide bonds. The molecule has 14 heavy (non-hydrogen) atoms. The van der Waals surface area contributed by atoms with Gasteiger partial charge in [-0.25, -0.2) is 9.50 Å². The van der Waals surface area contributed by atoms with Crippen molar-refractivity contribution in [3.8, 4) is 0 Å². The van der Waals surface area contributed by atoms with Gasteiger partial charge in [-0.2, -0.15) is 5.10 Å². The highest BCUT2D eigenvalue weighted by atomic mass is 35.5. The first-order chi connectivity index (χ1) is 6.81. The maximum absolute atomic E-state index is 8.87. The lowest BCUT2D eigenvalue weighted by Crippen LogP contribution is -1.96. The van der Waals surface area contributed by atoms with Crippen LogP contribution in [0.3, 0.4) is 0 Å². The molecule has 0 fully saturated rings. The van der Waals surface area contributed by atoms with E-state index in [1.165, 1.54) is 4.52 Å². The van der Waals surface area contributed by atoms with Crippen LogP contribution in [0.5, 0.6) is 0 Å². The number of aliphatic hydroxyl groups excluding tert-OH is 1. The van der Waals surface area contributed by atoms with Crippen LogP contribution in [-0.2, 0) is 6.61 Å². The highest BCUT2D eigenvalue weighted by Crippen LogP contribution is 2.08. The van der Waals surface area contributed by atoms with Gasteiger partial charge in [0.1, 0.15) is 5.15 Å². The summed E-state index contributed by atoms with van der Waals surface area (Å²) in [7, 11) is 0. The van der Waals surface area contributed by atoms with E-state index in [0.29, 0.717) is 16.5 Å². The van der Waals surface area contributed by atoms with Gasteiger partial charge in [-0.05, 0) is 12.1 Å². The summed E-state index contributed by atoms with van der Waals surface area (Å²) in [5.74, 6) is 0. The normalized spacial score (nSPS) is 9.71. The highest BCUT2D eigenvalue weighted by molar-refractivity contribution is 6.29. The van der Waals surface area contributed by atoms with Gasteiger partial charge in [0.2, 0.25) is 0 Å². The van der Waals surface area contributed by atoms with E-state index >= 15 is 0 Å². The number of hydrogen-bond donors (Lipinski definition) is 1. The molecule has 2 aromatic rings. The standard InChI is InChI=1S/C7H6ClN3O.C2H6/c8-6-1-2-7-9-3-5(4-12)11(7)10-6;1-2/h1-3,12H,4H2;1-2H3. The number of fused-ring (bicyclic) bond motifs is 1. The Kier molecular flexibility index (Phi) is 3.85. The molecule has 0 aliphatic rings. The smallest absolute Gasteiger partial charge is 0.153 e. The van der Waals surface area contributed by atoms with Crippen molar-refractivity contribution >= 4 is 17.2 Å². The number of halogens is 1. The summed E-state index contributed by atoms with van der Waals surface area (Å²) in [6, 6.07) is 3.40. The minimum Gasteiger partial charge on any atom is -0.390 e. The molecular formula is C9H12ClN3O. The second-order valence-electron chi connectivity index (χ2n) is 2.33. The van der Waals surface area contributed by atoms with E-state index in [2.05, 4.69) is 10.1 Å². The van der Waals surface area contributed by atoms with Crippen molar-refractivity contribution in [2.24, 2.45) is 0 Å². The molecule has 0 aliphatic heterocycles. The van der Waals surface area contributed by atoms with Crippen molar-refractivity contribution in [2.45, 2.75) is 20.5 Å². The van der Waals surface area contributed by atoms with Gasteiger partial charge in [-0.3, -0.25) is 0 Å². The molecule has 0 bridgehead atoms. The predicted molar refractivity (Wildman–Crippen MR) is 55.3 cm³/mol. The summed E-state index contributed by atoms with van der Waals surface area (Å²) in [5.41, 5.74) is 1.32. The van der Waals surface area contributed by atoms with Gasteiger partial charge < -0.3 is 5.11 Å². The molecule has 4 nitrogen and oxygen atoms in total. The quantitative estimate of drug-likeness (QED) is 0.787. The zero-order chi connectivity index (χ0) is 10.6. The lowest BCUT2D eigenvalue weighted by Gasteiger charge is -1.95. The Morgan fingerprint density at radius 1 is 1.43 bits per heavy atom. The van der Waals surface area contributed by atoms with Crippen molar-refractivity contribution in [1.29, 1.82) is 0 Å².